The highest BCUT2D eigenvalue weighted by Crippen LogP contribution is 2.15. The van der Waals surface area contributed by atoms with Gasteiger partial charge >= 0.3 is 5.97 Å². The van der Waals surface area contributed by atoms with Crippen molar-refractivity contribution in [2.45, 2.75) is 32.8 Å². The first kappa shape index (κ1) is 12.0. The summed E-state index contributed by atoms with van der Waals surface area (Å²) in [4.78, 5) is 13.4. The summed E-state index contributed by atoms with van der Waals surface area (Å²) >= 11 is 0. The Morgan fingerprint density at radius 3 is 3.00 bits per heavy atom. The van der Waals surface area contributed by atoms with Gasteiger partial charge in [0, 0.05) is 6.54 Å². The second kappa shape index (κ2) is 5.72. The minimum atomic E-state index is -0.191. The molecule has 1 aliphatic heterocycles. The van der Waals surface area contributed by atoms with Crippen LogP contribution in [0.15, 0.2) is 0 Å². The van der Waals surface area contributed by atoms with Crippen molar-refractivity contribution in [2.24, 2.45) is 5.92 Å². The van der Waals surface area contributed by atoms with Crippen LogP contribution in [-0.4, -0.2) is 36.6 Å². The number of ether oxygens (including phenoxy) is 1. The molecule has 1 atom stereocenters. The third-order valence-electron chi connectivity index (χ3n) is 2.41. The van der Waals surface area contributed by atoms with Crippen LogP contribution in [0.5, 0.6) is 0 Å². The van der Waals surface area contributed by atoms with Gasteiger partial charge in [-0.15, -0.1) is 0 Å². The molecule has 4 nitrogen and oxygen atoms in total. The molecule has 84 valence electrons. The maximum atomic E-state index is 11.4. The van der Waals surface area contributed by atoms with Gasteiger partial charge in [-0.1, -0.05) is 0 Å². The number of rotatable bonds is 3. The van der Waals surface area contributed by atoms with Crippen LogP contribution >= 0.6 is 0 Å². The number of hydrogen-bond acceptors (Lipinski definition) is 4. The number of carbonyl (C=O) groups is 1. The van der Waals surface area contributed by atoms with E-state index in [0.717, 1.165) is 19.4 Å². The van der Waals surface area contributed by atoms with Crippen LogP contribution in [0.25, 0.3) is 0 Å². The second-order valence-corrected chi connectivity index (χ2v) is 4.24. The minimum absolute atomic E-state index is 0.0611. The van der Waals surface area contributed by atoms with Crippen molar-refractivity contribution in [3.05, 3.63) is 0 Å². The fourth-order valence-electron chi connectivity index (χ4n) is 1.79. The summed E-state index contributed by atoms with van der Waals surface area (Å²) in [6.45, 7) is 5.59. The van der Waals surface area contributed by atoms with Gasteiger partial charge in [-0.3, -0.25) is 9.69 Å². The second-order valence-electron chi connectivity index (χ2n) is 4.24. The van der Waals surface area contributed by atoms with Gasteiger partial charge in [0.1, 0.15) is 0 Å². The predicted molar refractivity (Wildman–Crippen MR) is 56.0 cm³/mol. The summed E-state index contributed by atoms with van der Waals surface area (Å²) in [5.74, 6) is -0.116. The molecule has 0 aromatic heterocycles. The predicted octanol–water partition coefficient (Wildman–Crippen LogP) is 1.17. The highest BCUT2D eigenvalue weighted by molar-refractivity contribution is 5.71. The van der Waals surface area contributed by atoms with E-state index < -0.39 is 0 Å². The van der Waals surface area contributed by atoms with Crippen molar-refractivity contribution in [3.63, 3.8) is 0 Å². The molecule has 1 saturated heterocycles. The Labute approximate surface area is 90.8 Å². The highest BCUT2D eigenvalue weighted by Gasteiger charge is 2.21. The van der Waals surface area contributed by atoms with E-state index in [1.807, 2.05) is 18.7 Å². The number of carbonyl (C=O) groups excluding carboxylic acids is 1. The van der Waals surface area contributed by atoms with Crippen LogP contribution in [0.4, 0.5) is 0 Å². The van der Waals surface area contributed by atoms with E-state index >= 15 is 0 Å². The maximum absolute atomic E-state index is 11.4. The van der Waals surface area contributed by atoms with Crippen molar-refractivity contribution >= 4 is 5.97 Å². The molecule has 0 saturated carbocycles. The Bertz CT molecular complexity index is 258. The molecule has 0 N–H and O–H groups in total. The number of likely N-dealkylation sites (tertiary alicyclic amines) is 1. The Kier molecular flexibility index (Phi) is 4.57. The maximum Gasteiger partial charge on any atom is 0.320 e. The van der Waals surface area contributed by atoms with Gasteiger partial charge in [-0.25, -0.2) is 0 Å². The summed E-state index contributed by atoms with van der Waals surface area (Å²) in [6, 6.07) is 2.25. The molecule has 0 radical (unpaired) electrons. The summed E-state index contributed by atoms with van der Waals surface area (Å²) in [5, 5.41) is 8.80. The fraction of sp³-hybridized carbons (Fsp3) is 0.818. The standard InChI is InChI=1S/C11H18N2O2/c1-9(2)15-11(14)8-13-5-3-4-10(6-12)7-13/h9-10H,3-5,7-8H2,1-2H3. The van der Waals surface area contributed by atoms with Crippen LogP contribution in [-0.2, 0) is 9.53 Å². The zero-order chi connectivity index (χ0) is 11.3. The molecule has 0 aromatic carbocycles. The van der Waals surface area contributed by atoms with E-state index in [-0.39, 0.29) is 18.0 Å². The highest BCUT2D eigenvalue weighted by atomic mass is 16.5. The normalized spacial score (nSPS) is 22.4. The molecule has 0 bridgehead atoms. The first-order valence-electron chi connectivity index (χ1n) is 5.43. The van der Waals surface area contributed by atoms with Gasteiger partial charge < -0.3 is 4.74 Å². The molecule has 4 heteroatoms. The number of piperidine rings is 1. The van der Waals surface area contributed by atoms with E-state index in [4.69, 9.17) is 10.00 Å². The van der Waals surface area contributed by atoms with E-state index in [2.05, 4.69) is 6.07 Å². The molecule has 1 fully saturated rings. The van der Waals surface area contributed by atoms with Gasteiger partial charge in [0.25, 0.3) is 0 Å². The fourth-order valence-corrected chi connectivity index (χ4v) is 1.79. The molecule has 0 aromatic rings. The molecule has 0 aliphatic carbocycles. The lowest BCUT2D eigenvalue weighted by Crippen LogP contribution is -2.39. The van der Waals surface area contributed by atoms with Gasteiger partial charge in [-0.05, 0) is 33.2 Å². The average molecular weight is 210 g/mol. The lowest BCUT2D eigenvalue weighted by Gasteiger charge is -2.28. The Hall–Kier alpha value is -1.08. The average Bonchev–Trinajstić information content (AvgIpc) is 2.16. The van der Waals surface area contributed by atoms with Crippen LogP contribution in [0.2, 0.25) is 0 Å². The Balaban J connectivity index is 2.32. The third-order valence-corrected chi connectivity index (χ3v) is 2.41. The van der Waals surface area contributed by atoms with E-state index in [1.54, 1.807) is 0 Å². The molecule has 0 spiro atoms. The van der Waals surface area contributed by atoms with Crippen molar-refractivity contribution in [1.29, 1.82) is 5.26 Å². The van der Waals surface area contributed by atoms with Crippen molar-refractivity contribution in [2.75, 3.05) is 19.6 Å². The molecule has 1 unspecified atom stereocenters. The smallest absolute Gasteiger partial charge is 0.320 e. The zero-order valence-electron chi connectivity index (χ0n) is 9.40. The molecule has 0 amide bonds. The minimum Gasteiger partial charge on any atom is -0.462 e. The number of nitrogens with zero attached hydrogens (tertiary/aromatic N) is 2. The van der Waals surface area contributed by atoms with Crippen molar-refractivity contribution in [3.8, 4) is 6.07 Å². The van der Waals surface area contributed by atoms with Gasteiger partial charge in [0.05, 0.1) is 24.6 Å². The first-order valence-corrected chi connectivity index (χ1v) is 5.43. The molecule has 1 aliphatic rings. The molecule has 1 rings (SSSR count). The quantitative estimate of drug-likeness (QED) is 0.656. The van der Waals surface area contributed by atoms with Crippen molar-refractivity contribution < 1.29 is 9.53 Å². The van der Waals surface area contributed by atoms with Gasteiger partial charge in [-0.2, -0.15) is 5.26 Å². The van der Waals surface area contributed by atoms with Crippen LogP contribution in [0.1, 0.15) is 26.7 Å². The summed E-state index contributed by atoms with van der Waals surface area (Å²) in [5.41, 5.74) is 0. The summed E-state index contributed by atoms with van der Waals surface area (Å²) in [6.07, 6.45) is 1.88. The van der Waals surface area contributed by atoms with Crippen LogP contribution in [0.3, 0.4) is 0 Å². The van der Waals surface area contributed by atoms with Gasteiger partial charge in [0.2, 0.25) is 0 Å². The topological polar surface area (TPSA) is 53.3 Å². The van der Waals surface area contributed by atoms with Crippen molar-refractivity contribution in [1.82, 2.24) is 4.90 Å². The first-order chi connectivity index (χ1) is 7.11. The lowest BCUT2D eigenvalue weighted by molar-refractivity contribution is -0.149. The van der Waals surface area contributed by atoms with Gasteiger partial charge in [0.15, 0.2) is 0 Å². The number of hydrogen-bond donors (Lipinski definition) is 0. The number of nitriles is 1. The van der Waals surface area contributed by atoms with E-state index in [9.17, 15) is 4.79 Å². The van der Waals surface area contributed by atoms with Crippen LogP contribution in [0, 0.1) is 17.2 Å². The van der Waals surface area contributed by atoms with E-state index in [0.29, 0.717) is 13.1 Å². The largest absolute Gasteiger partial charge is 0.462 e. The Morgan fingerprint density at radius 2 is 2.40 bits per heavy atom. The van der Waals surface area contributed by atoms with E-state index in [1.165, 1.54) is 0 Å². The SMILES string of the molecule is CC(C)OC(=O)CN1CCCC(C#N)C1. The summed E-state index contributed by atoms with van der Waals surface area (Å²) in [7, 11) is 0. The molecular weight excluding hydrogens is 192 g/mol. The molecule has 15 heavy (non-hydrogen) atoms. The summed E-state index contributed by atoms with van der Waals surface area (Å²) < 4.78 is 5.06. The number of esters is 1. The lowest BCUT2D eigenvalue weighted by atomic mass is 10.00. The molecular formula is C11H18N2O2. The monoisotopic (exact) mass is 210 g/mol. The molecule has 1 heterocycles. The van der Waals surface area contributed by atoms with Crippen LogP contribution < -0.4 is 0 Å². The zero-order valence-corrected chi connectivity index (χ0v) is 9.40. The Morgan fingerprint density at radius 1 is 1.67 bits per heavy atom. The third kappa shape index (κ3) is 4.30.